The molecule has 0 radical (unpaired) electrons. The third kappa shape index (κ3) is 5.20. The lowest BCUT2D eigenvalue weighted by Gasteiger charge is -2.28. The number of carbonyl (C=O) groups excluding carboxylic acids is 3. The van der Waals surface area contributed by atoms with Crippen molar-refractivity contribution >= 4 is 45.5 Å². The molecule has 0 saturated carbocycles. The number of nitrogens with zero attached hydrogens (tertiary/aromatic N) is 1. The van der Waals surface area contributed by atoms with Crippen LogP contribution in [0.4, 0.5) is 10.5 Å². The summed E-state index contributed by atoms with van der Waals surface area (Å²) in [6, 6.07) is 16.2. The molecule has 1 aliphatic rings. The molecule has 7 heteroatoms. The van der Waals surface area contributed by atoms with E-state index in [-0.39, 0.29) is 5.57 Å². The summed E-state index contributed by atoms with van der Waals surface area (Å²) in [6.07, 6.45) is 1.47. The van der Waals surface area contributed by atoms with E-state index >= 15 is 0 Å². The Hall–Kier alpha value is -3.71. The van der Waals surface area contributed by atoms with Gasteiger partial charge >= 0.3 is 6.03 Å². The van der Waals surface area contributed by atoms with E-state index in [9.17, 15) is 14.4 Å². The Labute approximate surface area is 212 Å². The number of barbiturate groups is 1. The van der Waals surface area contributed by atoms with Crippen LogP contribution >= 0.6 is 15.9 Å². The van der Waals surface area contributed by atoms with Gasteiger partial charge in [0.2, 0.25) is 0 Å². The highest BCUT2D eigenvalue weighted by atomic mass is 79.9. The fourth-order valence-corrected chi connectivity index (χ4v) is 4.57. The number of imide groups is 2. The van der Waals surface area contributed by atoms with E-state index in [2.05, 4.69) is 39.4 Å². The number of benzene rings is 3. The van der Waals surface area contributed by atoms with Crippen molar-refractivity contribution in [1.29, 1.82) is 0 Å². The second-order valence-electron chi connectivity index (χ2n) is 8.65. The molecule has 4 amide bonds. The van der Waals surface area contributed by atoms with Crippen LogP contribution in [0.2, 0.25) is 0 Å². The molecule has 0 spiro atoms. The van der Waals surface area contributed by atoms with Crippen LogP contribution in [-0.4, -0.2) is 17.8 Å². The van der Waals surface area contributed by atoms with Gasteiger partial charge in [-0.3, -0.25) is 14.9 Å². The van der Waals surface area contributed by atoms with Gasteiger partial charge in [-0.2, -0.15) is 0 Å². The van der Waals surface area contributed by atoms with Gasteiger partial charge in [-0.25, -0.2) is 9.69 Å². The molecule has 4 rings (SSSR count). The number of anilines is 1. The Morgan fingerprint density at radius 2 is 1.66 bits per heavy atom. The summed E-state index contributed by atoms with van der Waals surface area (Å²) in [4.78, 5) is 39.3. The molecular weight excluding hydrogens is 508 g/mol. The molecule has 1 saturated heterocycles. The minimum absolute atomic E-state index is 0.124. The highest BCUT2D eigenvalue weighted by Gasteiger charge is 2.37. The zero-order valence-corrected chi connectivity index (χ0v) is 21.5. The lowest BCUT2D eigenvalue weighted by molar-refractivity contribution is -0.122. The van der Waals surface area contributed by atoms with Crippen molar-refractivity contribution in [3.63, 3.8) is 0 Å². The molecule has 1 heterocycles. The van der Waals surface area contributed by atoms with Gasteiger partial charge in [-0.05, 0) is 90.2 Å². The lowest BCUT2D eigenvalue weighted by atomic mass is 10.0. The van der Waals surface area contributed by atoms with Crippen molar-refractivity contribution in [3.8, 4) is 5.75 Å². The number of carbonyl (C=O) groups is 3. The topological polar surface area (TPSA) is 75.7 Å². The van der Waals surface area contributed by atoms with Gasteiger partial charge in [-0.1, -0.05) is 47.5 Å². The minimum Gasteiger partial charge on any atom is -0.488 e. The number of rotatable bonds is 5. The van der Waals surface area contributed by atoms with E-state index in [4.69, 9.17) is 4.74 Å². The first-order valence-corrected chi connectivity index (χ1v) is 11.9. The molecule has 0 unspecified atom stereocenters. The maximum atomic E-state index is 13.2. The van der Waals surface area contributed by atoms with Gasteiger partial charge in [-0.15, -0.1) is 0 Å². The van der Waals surface area contributed by atoms with Crippen molar-refractivity contribution < 1.29 is 19.1 Å². The van der Waals surface area contributed by atoms with Gasteiger partial charge in [0.1, 0.15) is 17.9 Å². The predicted octanol–water partition coefficient (Wildman–Crippen LogP) is 5.93. The molecule has 0 atom stereocenters. The smallest absolute Gasteiger partial charge is 0.335 e. The fraction of sp³-hybridized carbons (Fsp3) is 0.179. The molecule has 1 N–H and O–H groups in total. The summed E-state index contributed by atoms with van der Waals surface area (Å²) in [6.45, 7) is 8.24. The quantitative estimate of drug-likeness (QED) is 0.326. The summed E-state index contributed by atoms with van der Waals surface area (Å²) in [5.74, 6) is -0.760. The largest absolute Gasteiger partial charge is 0.488 e. The first kappa shape index (κ1) is 24.4. The molecule has 6 nitrogen and oxygen atoms in total. The second-order valence-corrected chi connectivity index (χ2v) is 9.51. The van der Waals surface area contributed by atoms with Crippen molar-refractivity contribution in [2.75, 3.05) is 4.90 Å². The van der Waals surface area contributed by atoms with Crippen LogP contribution in [0.5, 0.6) is 5.75 Å². The van der Waals surface area contributed by atoms with Gasteiger partial charge < -0.3 is 4.74 Å². The van der Waals surface area contributed by atoms with Crippen LogP contribution in [0.1, 0.15) is 33.4 Å². The zero-order chi connectivity index (χ0) is 25.3. The van der Waals surface area contributed by atoms with Gasteiger partial charge in [0.15, 0.2) is 0 Å². The van der Waals surface area contributed by atoms with Crippen LogP contribution in [0.25, 0.3) is 6.08 Å². The first-order valence-electron chi connectivity index (χ1n) is 11.1. The summed E-state index contributed by atoms with van der Waals surface area (Å²) in [7, 11) is 0. The average Bonchev–Trinajstić information content (AvgIpc) is 2.78. The Morgan fingerprint density at radius 1 is 0.943 bits per heavy atom. The maximum absolute atomic E-state index is 13.2. The monoisotopic (exact) mass is 532 g/mol. The fourth-order valence-electron chi connectivity index (χ4n) is 4.06. The number of hydrogen-bond donors (Lipinski definition) is 1. The van der Waals surface area contributed by atoms with E-state index in [0.29, 0.717) is 28.1 Å². The number of halogens is 1. The van der Waals surface area contributed by atoms with Crippen LogP contribution in [-0.2, 0) is 16.2 Å². The van der Waals surface area contributed by atoms with Crippen LogP contribution in [0.15, 0.2) is 64.6 Å². The van der Waals surface area contributed by atoms with Gasteiger partial charge in [0.05, 0.1) is 10.2 Å². The SMILES string of the molecule is Cc1cc(C)cc(COc2ccc(/C=C3\C(=O)NC(=O)N(c4cccc(C)c4C)C3=O)cc2Br)c1. The normalized spacial score (nSPS) is 14.9. The number of ether oxygens (including phenoxy) is 1. The molecule has 3 aromatic rings. The lowest BCUT2D eigenvalue weighted by Crippen LogP contribution is -2.54. The van der Waals surface area contributed by atoms with E-state index in [1.165, 1.54) is 17.2 Å². The number of nitrogens with one attached hydrogen (secondary N) is 1. The van der Waals surface area contributed by atoms with Crippen molar-refractivity contribution in [3.05, 3.63) is 98.0 Å². The van der Waals surface area contributed by atoms with Gasteiger partial charge in [0, 0.05) is 0 Å². The van der Waals surface area contributed by atoms with E-state index in [1.54, 1.807) is 30.3 Å². The standard InChI is InChI=1S/C28H25BrN2O4/c1-16-10-17(2)12-21(11-16)15-35-25-9-8-20(14-23(25)29)13-22-26(32)30-28(34)31(27(22)33)24-7-5-6-18(3)19(24)4/h5-14H,15H2,1-4H3,(H,30,32,34)/b22-13+. The molecule has 178 valence electrons. The second kappa shape index (κ2) is 9.88. The number of aryl methyl sites for hydroxylation is 3. The van der Waals surface area contributed by atoms with Crippen LogP contribution < -0.4 is 15.0 Å². The highest BCUT2D eigenvalue weighted by Crippen LogP contribution is 2.30. The van der Waals surface area contributed by atoms with Crippen molar-refractivity contribution in [2.24, 2.45) is 0 Å². The molecule has 3 aromatic carbocycles. The number of urea groups is 1. The van der Waals surface area contributed by atoms with Crippen LogP contribution in [0, 0.1) is 27.7 Å². The summed E-state index contributed by atoms with van der Waals surface area (Å²) in [5, 5.41) is 2.27. The number of amides is 4. The minimum atomic E-state index is -0.762. The van der Waals surface area contributed by atoms with Crippen molar-refractivity contribution in [2.45, 2.75) is 34.3 Å². The third-order valence-corrected chi connectivity index (χ3v) is 6.48. The van der Waals surface area contributed by atoms with Crippen LogP contribution in [0.3, 0.4) is 0 Å². The van der Waals surface area contributed by atoms with Crippen molar-refractivity contribution in [1.82, 2.24) is 5.32 Å². The Morgan fingerprint density at radius 3 is 2.34 bits per heavy atom. The number of hydrogen-bond acceptors (Lipinski definition) is 4. The highest BCUT2D eigenvalue weighted by molar-refractivity contribution is 9.10. The molecule has 0 aromatic heterocycles. The van der Waals surface area contributed by atoms with Gasteiger partial charge in [0.25, 0.3) is 11.8 Å². The summed E-state index contributed by atoms with van der Waals surface area (Å²) in [5.41, 5.74) is 6.08. The molecule has 1 aliphatic heterocycles. The molecular formula is C28H25BrN2O4. The average molecular weight is 533 g/mol. The Kier molecular flexibility index (Phi) is 6.89. The molecule has 35 heavy (non-hydrogen) atoms. The van der Waals surface area contributed by atoms with E-state index < -0.39 is 17.8 Å². The Balaban J connectivity index is 1.58. The Bertz CT molecular complexity index is 1370. The molecule has 1 fully saturated rings. The molecule has 0 bridgehead atoms. The predicted molar refractivity (Wildman–Crippen MR) is 139 cm³/mol. The zero-order valence-electron chi connectivity index (χ0n) is 19.9. The summed E-state index contributed by atoms with van der Waals surface area (Å²) < 4.78 is 6.65. The maximum Gasteiger partial charge on any atom is 0.335 e. The first-order chi connectivity index (χ1) is 16.6. The summed E-state index contributed by atoms with van der Waals surface area (Å²) >= 11 is 3.52. The molecule has 0 aliphatic carbocycles. The third-order valence-electron chi connectivity index (χ3n) is 5.86. The van der Waals surface area contributed by atoms with E-state index in [1.807, 2.05) is 33.8 Å². The van der Waals surface area contributed by atoms with E-state index in [0.717, 1.165) is 21.6 Å².